The van der Waals surface area contributed by atoms with Gasteiger partial charge in [-0.1, -0.05) is 23.3 Å². The molecular formula is C25H35F2N5O9P+. The maximum atomic E-state index is 15.1. The molecule has 1 aromatic carbocycles. The van der Waals surface area contributed by atoms with Crippen LogP contribution in [0.2, 0.25) is 0 Å². The van der Waals surface area contributed by atoms with Crippen molar-refractivity contribution in [3.05, 3.63) is 53.1 Å². The van der Waals surface area contributed by atoms with Gasteiger partial charge in [-0.05, 0) is 53.1 Å². The molecule has 1 aromatic heterocycles. The van der Waals surface area contributed by atoms with Gasteiger partial charge in [0.2, 0.25) is 12.1 Å². The molecule has 1 unspecified atom stereocenters. The molecular weight excluding hydrogens is 583 g/mol. The highest BCUT2D eigenvalue weighted by atomic mass is 31.2. The Balaban J connectivity index is 1.76. The Morgan fingerprint density at radius 1 is 1.21 bits per heavy atom. The Labute approximate surface area is 241 Å². The van der Waals surface area contributed by atoms with Gasteiger partial charge in [0.1, 0.15) is 24.6 Å². The number of carbonyl (C=O) groups excluding carboxylic acids is 2. The number of aromatic nitrogens is 2. The number of likely N-dealkylation sites (N-methyl/N-ethyl adjacent to an activating group) is 1. The van der Waals surface area contributed by atoms with E-state index in [1.807, 2.05) is 0 Å². The number of nitrogens with one attached hydrogen (secondary N) is 2. The van der Waals surface area contributed by atoms with Gasteiger partial charge in [0, 0.05) is 6.20 Å². The van der Waals surface area contributed by atoms with Gasteiger partial charge in [-0.15, -0.1) is 0 Å². The molecule has 1 aliphatic rings. The first-order chi connectivity index (χ1) is 19.6. The number of aliphatic hydroxyl groups is 1. The van der Waals surface area contributed by atoms with Gasteiger partial charge in [-0.25, -0.2) is 4.79 Å². The van der Waals surface area contributed by atoms with Crippen molar-refractivity contribution in [1.82, 2.24) is 19.5 Å². The molecule has 1 aliphatic heterocycles. The van der Waals surface area contributed by atoms with Crippen LogP contribution in [0.25, 0.3) is 0 Å². The van der Waals surface area contributed by atoms with Crippen molar-refractivity contribution in [3.8, 4) is 5.75 Å². The summed E-state index contributed by atoms with van der Waals surface area (Å²) in [5.41, 5.74) is -1.17. The zero-order chi connectivity index (χ0) is 31.2. The van der Waals surface area contributed by atoms with Crippen molar-refractivity contribution in [2.24, 2.45) is 0 Å². The third kappa shape index (κ3) is 8.70. The average molecular weight is 619 g/mol. The number of alkyl halides is 2. The minimum atomic E-state index is -4.21. The quantitative estimate of drug-likeness (QED) is 0.188. The van der Waals surface area contributed by atoms with E-state index in [4.69, 9.17) is 18.5 Å². The predicted octanol–water partition coefficient (Wildman–Crippen LogP) is 1.33. The zero-order valence-corrected chi connectivity index (χ0v) is 24.5. The van der Waals surface area contributed by atoms with Crippen LogP contribution in [-0.4, -0.2) is 93.9 Å². The van der Waals surface area contributed by atoms with E-state index < -0.39 is 68.8 Å². The molecule has 14 nitrogen and oxygen atoms in total. The number of anilines is 1. The van der Waals surface area contributed by atoms with Crippen LogP contribution in [0.15, 0.2) is 47.4 Å². The van der Waals surface area contributed by atoms with Gasteiger partial charge in [0.15, 0.2) is 11.9 Å². The number of amides is 1. The summed E-state index contributed by atoms with van der Waals surface area (Å²) in [6, 6.07) is 7.87. The third-order valence-electron chi connectivity index (χ3n) is 5.64. The summed E-state index contributed by atoms with van der Waals surface area (Å²) in [4.78, 5) is 53.2. The molecule has 1 fully saturated rings. The molecule has 1 amide bonds. The number of nitrogens with zero attached hydrogens (tertiary/aromatic N) is 3. The molecule has 1 saturated heterocycles. The van der Waals surface area contributed by atoms with E-state index >= 15 is 8.78 Å². The van der Waals surface area contributed by atoms with E-state index in [0.717, 1.165) is 12.3 Å². The molecule has 2 heterocycles. The van der Waals surface area contributed by atoms with E-state index in [2.05, 4.69) is 15.4 Å². The Morgan fingerprint density at radius 3 is 2.48 bits per heavy atom. The van der Waals surface area contributed by atoms with Crippen LogP contribution in [0.4, 0.5) is 14.6 Å². The maximum absolute atomic E-state index is 15.1. The van der Waals surface area contributed by atoms with Crippen molar-refractivity contribution in [3.63, 3.8) is 0 Å². The summed E-state index contributed by atoms with van der Waals surface area (Å²) in [6.45, 7) is 3.81. The number of halogens is 2. The van der Waals surface area contributed by atoms with Gasteiger partial charge in [0.25, 0.3) is 0 Å². The molecule has 4 N–H and O–H groups in total. The van der Waals surface area contributed by atoms with E-state index in [0.29, 0.717) is 4.57 Å². The second-order valence-electron chi connectivity index (χ2n) is 9.99. The third-order valence-corrected chi connectivity index (χ3v) is 7.31. The van der Waals surface area contributed by atoms with Gasteiger partial charge < -0.3 is 24.8 Å². The molecule has 0 spiro atoms. The first-order valence-corrected chi connectivity index (χ1v) is 14.4. The Kier molecular flexibility index (Phi) is 11.1. The number of hydrogen-bond donors (Lipinski definition) is 4. The first-order valence-electron chi connectivity index (χ1n) is 12.9. The number of hydrogen-bond acceptors (Lipinski definition) is 12. The largest absolute Gasteiger partial charge is 0.544 e. The number of para-hydroxylation sites is 1. The fourth-order valence-electron chi connectivity index (χ4n) is 3.76. The van der Waals surface area contributed by atoms with Crippen molar-refractivity contribution in [2.45, 2.75) is 57.3 Å². The standard InChI is InChI=1S/C25H34F2N5O9P/c1-15(2)39-22(35)16(3)30-42(37,41-17-9-7-6-8-10-17)38-14-18-21(34)25(26,27)23(40-18)32-12-11-19(29-24(32)36)28-20(33)13-31(4)5/h6-12,15-16,18,21,23,30,34,37H,13-14H2,1-5H3/p+1/t16-,18+,21+,23+,42?/m0/s1. The van der Waals surface area contributed by atoms with Crippen molar-refractivity contribution in [1.29, 1.82) is 0 Å². The van der Waals surface area contributed by atoms with Gasteiger partial charge in [-0.3, -0.25) is 18.7 Å². The highest BCUT2D eigenvalue weighted by Gasteiger charge is 2.61. The second kappa shape index (κ2) is 13.9. The molecule has 0 radical (unpaired) electrons. The summed E-state index contributed by atoms with van der Waals surface area (Å²) in [5, 5.41) is 15.3. The van der Waals surface area contributed by atoms with Crippen LogP contribution < -0.4 is 20.6 Å². The maximum Gasteiger partial charge on any atom is 0.544 e. The average Bonchev–Trinajstić information content (AvgIpc) is 3.10. The number of carbonyl (C=O) groups is 2. The SMILES string of the molecule is CC(C)OC(=O)[C@H](C)N[P+](O)(OC[C@H]1O[C@@H](n2ccc(NC(=O)CN(C)C)nc2=O)C(F)(F)[C@@H]1O)Oc1ccccc1. The summed E-state index contributed by atoms with van der Waals surface area (Å²) >= 11 is 0. The molecule has 5 atom stereocenters. The normalized spacial score (nSPS) is 22.0. The second-order valence-corrected chi connectivity index (χ2v) is 11.7. The summed E-state index contributed by atoms with van der Waals surface area (Å²) in [6.07, 6.45) is -6.02. The molecule has 2 aromatic rings. The van der Waals surface area contributed by atoms with Gasteiger partial charge in [0.05, 0.1) is 12.6 Å². The van der Waals surface area contributed by atoms with Crippen molar-refractivity contribution in [2.75, 3.05) is 32.6 Å². The van der Waals surface area contributed by atoms with Crippen LogP contribution in [0, 0.1) is 0 Å². The minimum absolute atomic E-state index is 0.00201. The Morgan fingerprint density at radius 2 is 1.88 bits per heavy atom. The lowest BCUT2D eigenvalue weighted by atomic mass is 10.1. The topological polar surface area (TPSA) is 174 Å². The lowest BCUT2D eigenvalue weighted by molar-refractivity contribution is -0.149. The highest BCUT2D eigenvalue weighted by Crippen LogP contribution is 2.54. The summed E-state index contributed by atoms with van der Waals surface area (Å²) in [5.74, 6) is -5.23. The van der Waals surface area contributed by atoms with Crippen LogP contribution in [0.3, 0.4) is 0 Å². The van der Waals surface area contributed by atoms with Crippen LogP contribution >= 0.6 is 8.09 Å². The molecule has 3 rings (SSSR count). The monoisotopic (exact) mass is 618 g/mol. The molecule has 232 valence electrons. The van der Waals surface area contributed by atoms with E-state index in [1.54, 1.807) is 51.0 Å². The zero-order valence-electron chi connectivity index (χ0n) is 23.6. The van der Waals surface area contributed by atoms with Gasteiger partial charge >= 0.3 is 25.7 Å². The van der Waals surface area contributed by atoms with Crippen molar-refractivity contribution < 1.29 is 46.9 Å². The molecule has 17 heteroatoms. The minimum Gasteiger partial charge on any atom is -0.462 e. The molecule has 0 bridgehead atoms. The van der Waals surface area contributed by atoms with E-state index in [-0.39, 0.29) is 18.1 Å². The lowest BCUT2D eigenvalue weighted by Crippen LogP contribution is -2.42. The van der Waals surface area contributed by atoms with E-state index in [1.165, 1.54) is 19.1 Å². The first kappa shape index (κ1) is 33.4. The Bertz CT molecular complexity index is 1290. The van der Waals surface area contributed by atoms with Gasteiger partial charge in [-0.2, -0.15) is 23.2 Å². The number of benzene rings is 1. The molecule has 42 heavy (non-hydrogen) atoms. The lowest BCUT2D eigenvalue weighted by Gasteiger charge is -2.22. The van der Waals surface area contributed by atoms with Crippen molar-refractivity contribution >= 4 is 25.8 Å². The van der Waals surface area contributed by atoms with Crippen LogP contribution in [0.5, 0.6) is 5.75 Å². The number of ether oxygens (including phenoxy) is 2. The summed E-state index contributed by atoms with van der Waals surface area (Å²) in [7, 11) is -0.895. The molecule has 0 saturated carbocycles. The number of esters is 1. The smallest absolute Gasteiger partial charge is 0.462 e. The highest BCUT2D eigenvalue weighted by molar-refractivity contribution is 7.58. The fraction of sp³-hybridized carbons (Fsp3) is 0.520. The predicted molar refractivity (Wildman–Crippen MR) is 147 cm³/mol. The number of aliphatic hydroxyl groups excluding tert-OH is 1. The summed E-state index contributed by atoms with van der Waals surface area (Å²) < 4.78 is 52.2. The number of rotatable bonds is 13. The fourth-order valence-corrected chi connectivity index (χ4v) is 5.29. The van der Waals surface area contributed by atoms with Crippen LogP contribution in [-0.2, 0) is 23.6 Å². The Hall–Kier alpha value is -3.11. The van der Waals surface area contributed by atoms with Crippen LogP contribution in [0.1, 0.15) is 27.0 Å². The van der Waals surface area contributed by atoms with E-state index in [9.17, 15) is 24.4 Å². The molecule has 0 aliphatic carbocycles.